The summed E-state index contributed by atoms with van der Waals surface area (Å²) in [6.45, 7) is 15.4. The normalized spacial score (nSPS) is 10.8. The quantitative estimate of drug-likeness (QED) is 0.241. The lowest BCUT2D eigenvalue weighted by Crippen LogP contribution is -1.98. The fraction of sp³-hybridized carbons (Fsp3) is 0. The van der Waals surface area contributed by atoms with Crippen LogP contribution in [0, 0.1) is 13.1 Å². The fourth-order valence-electron chi connectivity index (χ4n) is 4.93. The molecule has 0 atom stereocenters. The Kier molecular flexibility index (Phi) is 4.88. The Balaban J connectivity index is 1.71. The maximum atomic E-state index is 7.68. The van der Waals surface area contributed by atoms with Gasteiger partial charge in [0.15, 0.2) is 11.4 Å². The number of rotatable bonds is 3. The van der Waals surface area contributed by atoms with Crippen molar-refractivity contribution in [1.82, 2.24) is 4.57 Å². The number of hydrogen-bond acceptors (Lipinski definition) is 0. The molecular weight excluding hydrogens is 426 g/mol. The van der Waals surface area contributed by atoms with Gasteiger partial charge in [0.25, 0.3) is 0 Å². The van der Waals surface area contributed by atoms with Crippen molar-refractivity contribution in [3.8, 4) is 27.9 Å². The van der Waals surface area contributed by atoms with Crippen molar-refractivity contribution in [3.63, 3.8) is 0 Å². The van der Waals surface area contributed by atoms with Gasteiger partial charge in [0.05, 0.1) is 29.9 Å². The number of para-hydroxylation sites is 2. The SMILES string of the molecule is [C-]#[N+]c1cccc([N+]#[C-])c1-c1ccc(-n2c3ccccc3c3ccccc32)c(-c2ccccc2)c1. The Hall–Kier alpha value is -5.12. The Morgan fingerprint density at radius 3 is 1.69 bits per heavy atom. The molecule has 0 aliphatic carbocycles. The largest absolute Gasteiger partial charge is 0.309 e. The first-order valence-electron chi connectivity index (χ1n) is 11.4. The molecule has 0 amide bonds. The highest BCUT2D eigenvalue weighted by Crippen LogP contribution is 2.43. The lowest BCUT2D eigenvalue weighted by Gasteiger charge is -2.17. The van der Waals surface area contributed by atoms with Gasteiger partial charge in [-0.2, -0.15) is 0 Å². The van der Waals surface area contributed by atoms with E-state index in [1.54, 1.807) is 18.2 Å². The summed E-state index contributed by atoms with van der Waals surface area (Å²) >= 11 is 0. The summed E-state index contributed by atoms with van der Waals surface area (Å²) in [7, 11) is 0. The van der Waals surface area contributed by atoms with Crippen LogP contribution < -0.4 is 0 Å². The zero-order valence-electron chi connectivity index (χ0n) is 18.8. The third-order valence-electron chi connectivity index (χ3n) is 6.45. The van der Waals surface area contributed by atoms with Crippen molar-refractivity contribution in [3.05, 3.63) is 138 Å². The van der Waals surface area contributed by atoms with E-state index in [0.717, 1.165) is 33.4 Å². The topological polar surface area (TPSA) is 13.7 Å². The van der Waals surface area contributed by atoms with Crippen LogP contribution >= 0.6 is 0 Å². The summed E-state index contributed by atoms with van der Waals surface area (Å²) in [6, 6.07) is 38.8. The van der Waals surface area contributed by atoms with E-state index in [1.807, 2.05) is 24.3 Å². The van der Waals surface area contributed by atoms with Gasteiger partial charge < -0.3 is 4.57 Å². The molecule has 0 radical (unpaired) electrons. The van der Waals surface area contributed by atoms with Gasteiger partial charge in [-0.3, -0.25) is 0 Å². The van der Waals surface area contributed by atoms with Gasteiger partial charge in [-0.05, 0) is 41.0 Å². The Bertz CT molecular complexity index is 1730. The summed E-state index contributed by atoms with van der Waals surface area (Å²) in [6.07, 6.45) is 0. The standard InChI is InChI=1S/C32H19N3/c1-33-27-15-10-16-28(34-2)32(27)23-19-20-31(26(21-23)22-11-4-3-5-12-22)35-29-17-8-6-13-24(29)25-14-7-9-18-30(25)35/h3-21H. The molecule has 1 aromatic heterocycles. The lowest BCUT2D eigenvalue weighted by molar-refractivity contribution is 1.18. The van der Waals surface area contributed by atoms with E-state index >= 15 is 0 Å². The molecule has 3 heteroatoms. The second-order valence-electron chi connectivity index (χ2n) is 8.36. The molecular formula is C32H19N3. The summed E-state index contributed by atoms with van der Waals surface area (Å²) in [5.74, 6) is 0. The zero-order chi connectivity index (χ0) is 23.8. The molecule has 6 rings (SSSR count). The smallest absolute Gasteiger partial charge is 0.184 e. The third-order valence-corrected chi connectivity index (χ3v) is 6.45. The molecule has 0 aliphatic heterocycles. The van der Waals surface area contributed by atoms with E-state index in [2.05, 4.69) is 87.1 Å². The molecule has 162 valence electrons. The molecule has 0 saturated carbocycles. The van der Waals surface area contributed by atoms with Crippen molar-refractivity contribution < 1.29 is 0 Å². The van der Waals surface area contributed by atoms with E-state index in [4.69, 9.17) is 13.1 Å². The molecule has 3 nitrogen and oxygen atoms in total. The van der Waals surface area contributed by atoms with Crippen molar-refractivity contribution in [1.29, 1.82) is 0 Å². The number of benzene rings is 5. The van der Waals surface area contributed by atoms with Crippen molar-refractivity contribution in [2.75, 3.05) is 0 Å². The first-order chi connectivity index (χ1) is 17.3. The average molecular weight is 446 g/mol. The Morgan fingerprint density at radius 1 is 0.514 bits per heavy atom. The van der Waals surface area contributed by atoms with Crippen molar-refractivity contribution in [2.45, 2.75) is 0 Å². The van der Waals surface area contributed by atoms with Gasteiger partial charge in [-0.15, -0.1) is 0 Å². The van der Waals surface area contributed by atoms with E-state index in [0.29, 0.717) is 16.9 Å². The maximum absolute atomic E-state index is 7.68. The van der Waals surface area contributed by atoms with E-state index in [9.17, 15) is 0 Å². The van der Waals surface area contributed by atoms with Gasteiger partial charge in [0.1, 0.15) is 0 Å². The second kappa shape index (κ2) is 8.34. The fourth-order valence-corrected chi connectivity index (χ4v) is 4.93. The van der Waals surface area contributed by atoms with Crippen molar-refractivity contribution >= 4 is 33.2 Å². The molecule has 0 N–H and O–H groups in total. The van der Waals surface area contributed by atoms with Crippen molar-refractivity contribution in [2.24, 2.45) is 0 Å². The molecule has 0 aliphatic rings. The van der Waals surface area contributed by atoms with Gasteiger partial charge in [0, 0.05) is 16.3 Å². The first kappa shape index (κ1) is 20.5. The maximum Gasteiger partial charge on any atom is 0.184 e. The second-order valence-corrected chi connectivity index (χ2v) is 8.36. The van der Waals surface area contributed by atoms with Gasteiger partial charge in [-0.25, -0.2) is 9.69 Å². The zero-order valence-corrected chi connectivity index (χ0v) is 18.8. The van der Waals surface area contributed by atoms with Crippen LogP contribution in [0.5, 0.6) is 0 Å². The highest BCUT2D eigenvalue weighted by Gasteiger charge is 2.18. The van der Waals surface area contributed by atoms with Crippen LogP contribution in [0.4, 0.5) is 11.4 Å². The van der Waals surface area contributed by atoms with Crippen LogP contribution in [0.15, 0.2) is 115 Å². The van der Waals surface area contributed by atoms with Crippen LogP contribution in [0.2, 0.25) is 0 Å². The molecule has 0 unspecified atom stereocenters. The summed E-state index contributed by atoms with van der Waals surface area (Å²) in [5.41, 5.74) is 7.99. The summed E-state index contributed by atoms with van der Waals surface area (Å²) < 4.78 is 2.31. The summed E-state index contributed by atoms with van der Waals surface area (Å²) in [4.78, 5) is 7.43. The van der Waals surface area contributed by atoms with Crippen LogP contribution in [-0.4, -0.2) is 4.57 Å². The molecule has 1 heterocycles. The monoisotopic (exact) mass is 445 g/mol. The summed E-state index contributed by atoms with van der Waals surface area (Å²) in [5, 5.41) is 2.42. The lowest BCUT2D eigenvalue weighted by atomic mass is 9.95. The number of aromatic nitrogens is 1. The molecule has 0 spiro atoms. The minimum Gasteiger partial charge on any atom is -0.309 e. The average Bonchev–Trinajstić information content (AvgIpc) is 3.27. The van der Waals surface area contributed by atoms with Gasteiger partial charge in [0.2, 0.25) is 0 Å². The minimum absolute atomic E-state index is 0.488. The minimum atomic E-state index is 0.488. The van der Waals surface area contributed by atoms with Crippen LogP contribution in [0.1, 0.15) is 0 Å². The van der Waals surface area contributed by atoms with E-state index < -0.39 is 0 Å². The van der Waals surface area contributed by atoms with Crippen LogP contribution in [0.3, 0.4) is 0 Å². The Labute approximate surface area is 203 Å². The number of nitrogens with zero attached hydrogens (tertiary/aromatic N) is 3. The highest BCUT2D eigenvalue weighted by atomic mass is 15.0. The number of fused-ring (bicyclic) bond motifs is 3. The number of hydrogen-bond donors (Lipinski definition) is 0. The van der Waals surface area contributed by atoms with E-state index in [1.165, 1.54) is 10.8 Å². The molecule has 35 heavy (non-hydrogen) atoms. The van der Waals surface area contributed by atoms with Gasteiger partial charge in [-0.1, -0.05) is 91.0 Å². The molecule has 6 aromatic rings. The third kappa shape index (κ3) is 3.27. The molecule has 5 aromatic carbocycles. The van der Waals surface area contributed by atoms with Crippen LogP contribution in [-0.2, 0) is 0 Å². The van der Waals surface area contributed by atoms with Gasteiger partial charge >= 0.3 is 0 Å². The molecule has 0 fully saturated rings. The van der Waals surface area contributed by atoms with Crippen LogP contribution in [0.25, 0.3) is 59.4 Å². The highest BCUT2D eigenvalue weighted by molar-refractivity contribution is 6.10. The Morgan fingerprint density at radius 2 is 1.09 bits per heavy atom. The predicted molar refractivity (Wildman–Crippen MR) is 144 cm³/mol. The first-order valence-corrected chi connectivity index (χ1v) is 11.4. The van der Waals surface area contributed by atoms with E-state index in [-0.39, 0.29) is 0 Å². The predicted octanol–water partition coefficient (Wildman–Crippen LogP) is 9.22. The molecule has 0 saturated heterocycles. The molecule has 0 bridgehead atoms.